The molecule has 2 aromatic carbocycles. The number of carbonyl (C=O) groups is 2. The van der Waals surface area contributed by atoms with Crippen LogP contribution in [0.2, 0.25) is 0 Å². The topological polar surface area (TPSA) is 79.3 Å². The summed E-state index contributed by atoms with van der Waals surface area (Å²) in [6, 6.07) is 7.48. The zero-order valence-corrected chi connectivity index (χ0v) is 23.6. The number of amides is 1. The second kappa shape index (κ2) is 9.71. The molecule has 40 heavy (non-hydrogen) atoms. The number of phenols is 1. The van der Waals surface area contributed by atoms with Crippen molar-refractivity contribution < 1.29 is 24.2 Å². The molecule has 2 fully saturated rings. The van der Waals surface area contributed by atoms with Crippen LogP contribution in [0.4, 0.5) is 0 Å². The van der Waals surface area contributed by atoms with Gasteiger partial charge in [0.2, 0.25) is 0 Å². The molecule has 5 atom stereocenters. The second-order valence-electron chi connectivity index (χ2n) is 11.8. The fourth-order valence-electron chi connectivity index (χ4n) is 7.87. The van der Waals surface area contributed by atoms with Crippen LogP contribution >= 0.6 is 0 Å². The summed E-state index contributed by atoms with van der Waals surface area (Å²) in [6.07, 6.45) is 4.85. The second-order valence-corrected chi connectivity index (χ2v) is 11.8. The molecule has 7 nitrogen and oxygen atoms in total. The number of nitrogens with zero attached hydrogens (tertiary/aromatic N) is 2. The van der Waals surface area contributed by atoms with Crippen LogP contribution in [0.5, 0.6) is 17.2 Å². The molecule has 208 valence electrons. The smallest absolute Gasteiger partial charge is 0.308 e. The Kier molecular flexibility index (Phi) is 6.42. The van der Waals surface area contributed by atoms with E-state index in [1.54, 1.807) is 4.90 Å². The molecule has 0 aromatic heterocycles. The minimum Gasteiger partial charge on any atom is -0.504 e. The quantitative estimate of drug-likeness (QED) is 0.273. The molecule has 1 amide bonds. The molecule has 1 saturated carbocycles. The first kappa shape index (κ1) is 26.5. The predicted octanol–water partition coefficient (Wildman–Crippen LogP) is 4.04. The van der Waals surface area contributed by atoms with E-state index in [0.29, 0.717) is 17.9 Å². The van der Waals surface area contributed by atoms with Crippen LogP contribution in [0.15, 0.2) is 36.9 Å². The van der Waals surface area contributed by atoms with Gasteiger partial charge in [-0.25, -0.2) is 0 Å². The number of aryl methyl sites for hydroxylation is 2. The van der Waals surface area contributed by atoms with Crippen LogP contribution in [-0.2, 0) is 21.4 Å². The van der Waals surface area contributed by atoms with E-state index in [2.05, 4.69) is 30.2 Å². The van der Waals surface area contributed by atoms with Crippen molar-refractivity contribution in [3.63, 3.8) is 0 Å². The normalized spacial score (nSPS) is 27.5. The van der Waals surface area contributed by atoms with Gasteiger partial charge in [-0.1, -0.05) is 18.1 Å². The van der Waals surface area contributed by atoms with Crippen molar-refractivity contribution in [1.82, 2.24) is 9.80 Å². The van der Waals surface area contributed by atoms with Gasteiger partial charge in [0.1, 0.15) is 11.9 Å². The highest BCUT2D eigenvalue weighted by Crippen LogP contribution is 2.65. The van der Waals surface area contributed by atoms with E-state index in [-0.39, 0.29) is 35.8 Å². The minimum atomic E-state index is -0.423. The number of benzene rings is 2. The van der Waals surface area contributed by atoms with Gasteiger partial charge in [-0.2, -0.15) is 0 Å². The van der Waals surface area contributed by atoms with Crippen molar-refractivity contribution in [2.45, 2.75) is 70.1 Å². The monoisotopic (exact) mass is 540 g/mol. The van der Waals surface area contributed by atoms with Crippen molar-refractivity contribution in [3.05, 3.63) is 64.7 Å². The molecule has 0 radical (unpaired) electrons. The van der Waals surface area contributed by atoms with Crippen molar-refractivity contribution in [2.75, 3.05) is 20.1 Å². The average molecular weight is 541 g/mol. The average Bonchev–Trinajstić information content (AvgIpc) is 3.26. The van der Waals surface area contributed by atoms with Crippen molar-refractivity contribution >= 4 is 11.9 Å². The molecule has 6 rings (SSSR count). The van der Waals surface area contributed by atoms with Gasteiger partial charge in [0.25, 0.3) is 5.91 Å². The summed E-state index contributed by atoms with van der Waals surface area (Å²) in [5.74, 6) is 6.37. The Morgan fingerprint density at radius 2 is 2.08 bits per heavy atom. The molecule has 1 saturated heterocycles. The lowest BCUT2D eigenvalue weighted by molar-refractivity contribution is -0.134. The molecule has 2 aliphatic carbocycles. The largest absolute Gasteiger partial charge is 0.504 e. The maximum absolute atomic E-state index is 13.4. The number of ether oxygens (including phenoxy) is 2. The number of carbonyl (C=O) groups excluding carboxylic acids is 2. The van der Waals surface area contributed by atoms with Gasteiger partial charge in [-0.15, -0.1) is 6.58 Å². The molecule has 2 bridgehead atoms. The van der Waals surface area contributed by atoms with E-state index in [9.17, 15) is 14.7 Å². The van der Waals surface area contributed by atoms with Crippen LogP contribution < -0.4 is 9.47 Å². The number of aromatic hydroxyl groups is 1. The van der Waals surface area contributed by atoms with Gasteiger partial charge in [-0.3, -0.25) is 14.5 Å². The predicted molar refractivity (Wildman–Crippen MR) is 151 cm³/mol. The molecule has 7 heteroatoms. The van der Waals surface area contributed by atoms with Gasteiger partial charge >= 0.3 is 5.97 Å². The van der Waals surface area contributed by atoms with E-state index in [4.69, 9.17) is 9.47 Å². The first-order valence-electron chi connectivity index (χ1n) is 14.1. The van der Waals surface area contributed by atoms with Crippen molar-refractivity contribution in [1.29, 1.82) is 0 Å². The van der Waals surface area contributed by atoms with Crippen LogP contribution in [-0.4, -0.2) is 65.1 Å². The van der Waals surface area contributed by atoms with E-state index in [1.165, 1.54) is 18.6 Å². The lowest BCUT2D eigenvalue weighted by atomic mass is 9.51. The third kappa shape index (κ3) is 3.92. The van der Waals surface area contributed by atoms with E-state index < -0.39 is 11.4 Å². The zero-order chi connectivity index (χ0) is 28.3. The SMILES string of the molecule is C=CCN1CC[C@]23c4c5c(OC(C)=O)cc(O)c4O[C@H]2[C@@H](N(C)C(=O)C#Cc2ccc(C)c(C)c2)CC[C@H]3[C@H]1C5. The van der Waals surface area contributed by atoms with Crippen molar-refractivity contribution in [3.8, 4) is 29.1 Å². The van der Waals surface area contributed by atoms with Gasteiger partial charge in [0.05, 0.1) is 6.04 Å². The van der Waals surface area contributed by atoms with Crippen LogP contribution in [0.25, 0.3) is 0 Å². The standard InChI is InChI=1S/C33H36N2O5/c1-6-14-35-15-13-33-24-10-11-25(34(5)29(38)12-9-22-8-7-19(2)20(3)16-22)32(33)40-31-27(37)18-28(39-21(4)36)23(30(31)33)17-26(24)35/h6-8,16,18,24-26,32,37H,1,10-11,13-15,17H2,2-5H3/t24-,25-,26+,32-,33-/m0/s1. The Balaban J connectivity index is 1.39. The molecule has 0 unspecified atom stereocenters. The lowest BCUT2D eigenvalue weighted by Crippen LogP contribution is -2.68. The van der Waals surface area contributed by atoms with Crippen molar-refractivity contribution in [2.24, 2.45) is 5.92 Å². The number of phenolic OH excluding ortho intramolecular Hbond substituents is 1. The van der Waals surface area contributed by atoms with E-state index in [0.717, 1.165) is 54.6 Å². The maximum atomic E-state index is 13.4. The Labute approximate surface area is 235 Å². The van der Waals surface area contributed by atoms with E-state index in [1.807, 2.05) is 38.2 Å². The molecule has 1 N–H and O–H groups in total. The molecule has 1 spiro atoms. The summed E-state index contributed by atoms with van der Waals surface area (Å²) in [5.41, 5.74) is 4.66. The van der Waals surface area contributed by atoms with Gasteiger partial charge in [-0.05, 0) is 75.3 Å². The van der Waals surface area contributed by atoms with Gasteiger partial charge in [0, 0.05) is 60.7 Å². The van der Waals surface area contributed by atoms with Crippen LogP contribution in [0.3, 0.4) is 0 Å². The van der Waals surface area contributed by atoms with E-state index >= 15 is 0 Å². The third-order valence-corrected chi connectivity index (χ3v) is 9.74. The van der Waals surface area contributed by atoms with Gasteiger partial charge < -0.3 is 19.5 Å². The third-order valence-electron chi connectivity index (χ3n) is 9.74. The lowest BCUT2D eigenvalue weighted by Gasteiger charge is -2.60. The summed E-state index contributed by atoms with van der Waals surface area (Å²) in [4.78, 5) is 29.6. The number of hydrogen-bond donors (Lipinski definition) is 1. The maximum Gasteiger partial charge on any atom is 0.308 e. The number of piperidine rings is 1. The Bertz CT molecular complexity index is 1490. The fraction of sp³-hybridized carbons (Fsp3) is 0.455. The fourth-order valence-corrected chi connectivity index (χ4v) is 7.87. The van der Waals surface area contributed by atoms with Crippen LogP contribution in [0, 0.1) is 31.6 Å². The summed E-state index contributed by atoms with van der Waals surface area (Å²) in [6.45, 7) is 11.1. The number of rotatable bonds is 4. The zero-order valence-electron chi connectivity index (χ0n) is 23.6. The summed E-state index contributed by atoms with van der Waals surface area (Å²) in [7, 11) is 1.81. The molecular weight excluding hydrogens is 504 g/mol. The molecule has 2 aromatic rings. The number of likely N-dealkylation sites (N-methyl/N-ethyl adjacent to an activating group) is 1. The first-order chi connectivity index (χ1) is 19.1. The molecule has 4 aliphatic rings. The molecular formula is C33H36N2O5. The highest BCUT2D eigenvalue weighted by atomic mass is 16.5. The number of hydrogen-bond acceptors (Lipinski definition) is 6. The number of likely N-dealkylation sites (tertiary alicyclic amines) is 1. The summed E-state index contributed by atoms with van der Waals surface area (Å²) >= 11 is 0. The Hall–Kier alpha value is -3.76. The molecule has 2 heterocycles. The highest BCUT2D eigenvalue weighted by Gasteiger charge is 2.67. The Morgan fingerprint density at radius 1 is 1.27 bits per heavy atom. The summed E-state index contributed by atoms with van der Waals surface area (Å²) < 4.78 is 12.3. The van der Waals surface area contributed by atoms with Crippen LogP contribution in [0.1, 0.15) is 54.0 Å². The van der Waals surface area contributed by atoms with Gasteiger partial charge in [0.15, 0.2) is 11.5 Å². The number of esters is 1. The minimum absolute atomic E-state index is 0.0215. The molecule has 2 aliphatic heterocycles. The Morgan fingerprint density at radius 3 is 2.80 bits per heavy atom. The summed E-state index contributed by atoms with van der Waals surface area (Å²) in [5, 5.41) is 11.1. The highest BCUT2D eigenvalue weighted by molar-refractivity contribution is 5.94. The first-order valence-corrected chi connectivity index (χ1v) is 14.1.